The number of nitrogens with two attached hydrogens (primary N) is 1. The molecule has 178 valence electrons. The van der Waals surface area contributed by atoms with Gasteiger partial charge in [-0.2, -0.15) is 0 Å². The SMILES string of the molecule is CC1(C)NC(C)(C)C(c2cccc3c2oc2ccccc23)=C1c1nc2c(C(N)=O)cccc2[nH]1.Cl. The Bertz CT molecular complexity index is 1670. The number of H-pyrrole nitrogens is 1. The molecule has 0 atom stereocenters. The van der Waals surface area contributed by atoms with Gasteiger partial charge in [0.25, 0.3) is 5.91 Å². The number of hydrogen-bond acceptors (Lipinski definition) is 4. The first-order chi connectivity index (χ1) is 16.2. The van der Waals surface area contributed by atoms with Crippen molar-refractivity contribution in [3.8, 4) is 0 Å². The highest BCUT2D eigenvalue weighted by Crippen LogP contribution is 2.49. The van der Waals surface area contributed by atoms with E-state index in [1.54, 1.807) is 6.07 Å². The van der Waals surface area contributed by atoms with Gasteiger partial charge in [0, 0.05) is 33.0 Å². The van der Waals surface area contributed by atoms with Gasteiger partial charge in [-0.25, -0.2) is 4.98 Å². The molecule has 5 aromatic rings. The molecule has 7 heteroatoms. The Morgan fingerprint density at radius 2 is 1.57 bits per heavy atom. The van der Waals surface area contributed by atoms with Crippen LogP contribution in [0.2, 0.25) is 0 Å². The number of benzene rings is 3. The summed E-state index contributed by atoms with van der Waals surface area (Å²) in [4.78, 5) is 20.4. The van der Waals surface area contributed by atoms with Crippen LogP contribution in [-0.4, -0.2) is 27.0 Å². The van der Waals surface area contributed by atoms with Gasteiger partial charge >= 0.3 is 0 Å². The number of imidazole rings is 1. The van der Waals surface area contributed by atoms with Crippen molar-refractivity contribution >= 4 is 62.4 Å². The van der Waals surface area contributed by atoms with E-state index in [2.05, 4.69) is 62.3 Å². The molecule has 6 nitrogen and oxygen atoms in total. The summed E-state index contributed by atoms with van der Waals surface area (Å²) in [7, 11) is 0. The van der Waals surface area contributed by atoms with Crippen LogP contribution in [0.4, 0.5) is 0 Å². The quantitative estimate of drug-likeness (QED) is 0.289. The van der Waals surface area contributed by atoms with E-state index in [9.17, 15) is 4.79 Å². The maximum atomic E-state index is 12.0. The fraction of sp³-hybridized carbons (Fsp3) is 0.214. The molecule has 0 saturated heterocycles. The highest BCUT2D eigenvalue weighted by atomic mass is 35.5. The van der Waals surface area contributed by atoms with Gasteiger partial charge in [0.1, 0.15) is 22.5 Å². The standard InChI is InChI=1S/C28H26N4O2.ClH/c1-27(2)21(17-11-7-10-16-15-9-5-6-14-20(15)34-24(16)17)22(28(3,4)32-27)26-30-19-13-8-12-18(25(29)33)23(19)31-26;/h5-14,32H,1-4H3,(H2,29,33)(H,30,31);1H. The third-order valence-electron chi connectivity index (χ3n) is 6.81. The van der Waals surface area contributed by atoms with Crippen LogP contribution >= 0.6 is 12.4 Å². The summed E-state index contributed by atoms with van der Waals surface area (Å²) < 4.78 is 6.40. The number of carbonyl (C=O) groups is 1. The van der Waals surface area contributed by atoms with E-state index in [4.69, 9.17) is 15.1 Å². The predicted molar refractivity (Wildman–Crippen MR) is 144 cm³/mol. The fourth-order valence-corrected chi connectivity index (χ4v) is 5.71. The number of aromatic amines is 1. The van der Waals surface area contributed by atoms with Crippen LogP contribution in [0.5, 0.6) is 0 Å². The van der Waals surface area contributed by atoms with Crippen LogP contribution in [0, 0.1) is 0 Å². The Labute approximate surface area is 209 Å². The molecule has 1 aliphatic rings. The zero-order valence-electron chi connectivity index (χ0n) is 20.0. The largest absolute Gasteiger partial charge is 0.455 e. The molecule has 0 spiro atoms. The topological polar surface area (TPSA) is 96.9 Å². The minimum absolute atomic E-state index is 0. The number of amides is 1. The molecule has 1 aliphatic heterocycles. The third kappa shape index (κ3) is 3.36. The highest BCUT2D eigenvalue weighted by molar-refractivity contribution is 6.12. The number of halogens is 1. The fourth-order valence-electron chi connectivity index (χ4n) is 5.71. The Balaban J connectivity index is 0.00000253. The number of nitrogens with zero attached hydrogens (tertiary/aromatic N) is 1. The molecule has 2 aromatic heterocycles. The molecule has 6 rings (SSSR count). The number of rotatable bonds is 3. The number of carbonyl (C=O) groups excluding carboxylic acids is 1. The van der Waals surface area contributed by atoms with Crippen molar-refractivity contribution in [1.82, 2.24) is 15.3 Å². The van der Waals surface area contributed by atoms with Crippen molar-refractivity contribution in [2.24, 2.45) is 5.73 Å². The number of fused-ring (bicyclic) bond motifs is 4. The van der Waals surface area contributed by atoms with Gasteiger partial charge in [-0.3, -0.25) is 10.1 Å². The number of hydrogen-bond donors (Lipinski definition) is 3. The second-order valence-electron chi connectivity index (χ2n) is 10.1. The maximum absolute atomic E-state index is 12.0. The van der Waals surface area contributed by atoms with Gasteiger partial charge < -0.3 is 15.1 Å². The lowest BCUT2D eigenvalue weighted by molar-refractivity contribution is 0.100. The molecule has 0 saturated carbocycles. The van der Waals surface area contributed by atoms with Gasteiger partial charge in [0.05, 0.1) is 11.1 Å². The first-order valence-corrected chi connectivity index (χ1v) is 11.4. The van der Waals surface area contributed by atoms with Crippen LogP contribution in [0.1, 0.15) is 49.4 Å². The second-order valence-corrected chi connectivity index (χ2v) is 10.1. The Hall–Kier alpha value is -3.61. The number of para-hydroxylation sites is 3. The average Bonchev–Trinajstić information content (AvgIpc) is 3.41. The highest BCUT2D eigenvalue weighted by Gasteiger charge is 2.46. The lowest BCUT2D eigenvalue weighted by Gasteiger charge is -2.28. The van der Waals surface area contributed by atoms with E-state index < -0.39 is 11.4 Å². The summed E-state index contributed by atoms with van der Waals surface area (Å²) in [5.74, 6) is 0.226. The third-order valence-corrected chi connectivity index (χ3v) is 6.81. The Morgan fingerprint density at radius 3 is 2.34 bits per heavy atom. The maximum Gasteiger partial charge on any atom is 0.250 e. The molecule has 1 amide bonds. The van der Waals surface area contributed by atoms with E-state index in [-0.39, 0.29) is 17.9 Å². The molecule has 4 N–H and O–H groups in total. The minimum atomic E-state index is -0.492. The van der Waals surface area contributed by atoms with Crippen LogP contribution in [0.3, 0.4) is 0 Å². The Kier molecular flexibility index (Phi) is 5.09. The molecule has 0 unspecified atom stereocenters. The molecule has 3 heterocycles. The minimum Gasteiger partial charge on any atom is -0.455 e. The molecule has 3 aromatic carbocycles. The van der Waals surface area contributed by atoms with Crippen molar-refractivity contribution in [1.29, 1.82) is 0 Å². The summed E-state index contributed by atoms with van der Waals surface area (Å²) in [6, 6.07) is 19.8. The molecular formula is C28H27ClN4O2. The number of nitrogens with one attached hydrogen (secondary N) is 2. The molecule has 0 bridgehead atoms. The zero-order valence-corrected chi connectivity index (χ0v) is 20.8. The van der Waals surface area contributed by atoms with E-state index >= 15 is 0 Å². The summed E-state index contributed by atoms with van der Waals surface area (Å²) in [6.45, 7) is 8.65. The molecular weight excluding hydrogens is 460 g/mol. The predicted octanol–water partition coefficient (Wildman–Crippen LogP) is 6.05. The number of furan rings is 1. The first kappa shape index (κ1) is 23.1. The second kappa shape index (κ2) is 7.70. The van der Waals surface area contributed by atoms with Crippen molar-refractivity contribution < 1.29 is 9.21 Å². The van der Waals surface area contributed by atoms with E-state index in [0.29, 0.717) is 11.1 Å². The van der Waals surface area contributed by atoms with Crippen LogP contribution in [-0.2, 0) is 0 Å². The number of aromatic nitrogens is 2. The number of primary amides is 1. The molecule has 0 fully saturated rings. The van der Waals surface area contributed by atoms with Gasteiger partial charge in [-0.1, -0.05) is 42.5 Å². The van der Waals surface area contributed by atoms with Gasteiger partial charge in [-0.05, 0) is 51.5 Å². The summed E-state index contributed by atoms with van der Waals surface area (Å²) in [6.07, 6.45) is 0. The summed E-state index contributed by atoms with van der Waals surface area (Å²) in [5.41, 5.74) is 11.5. The van der Waals surface area contributed by atoms with Crippen LogP contribution in [0.15, 0.2) is 65.1 Å². The first-order valence-electron chi connectivity index (χ1n) is 11.4. The van der Waals surface area contributed by atoms with Crippen molar-refractivity contribution in [3.05, 3.63) is 77.6 Å². The van der Waals surface area contributed by atoms with Gasteiger partial charge in [-0.15, -0.1) is 12.4 Å². The van der Waals surface area contributed by atoms with E-state index in [0.717, 1.165) is 50.0 Å². The average molecular weight is 487 g/mol. The van der Waals surface area contributed by atoms with E-state index in [1.807, 2.05) is 30.3 Å². The van der Waals surface area contributed by atoms with Crippen molar-refractivity contribution in [3.63, 3.8) is 0 Å². The smallest absolute Gasteiger partial charge is 0.250 e. The molecule has 0 radical (unpaired) electrons. The van der Waals surface area contributed by atoms with E-state index in [1.165, 1.54) is 0 Å². The van der Waals surface area contributed by atoms with Gasteiger partial charge in [0.15, 0.2) is 0 Å². The lowest BCUT2D eigenvalue weighted by atomic mass is 9.84. The normalized spacial score (nSPS) is 16.8. The van der Waals surface area contributed by atoms with Crippen molar-refractivity contribution in [2.45, 2.75) is 38.8 Å². The van der Waals surface area contributed by atoms with Crippen LogP contribution < -0.4 is 11.1 Å². The monoisotopic (exact) mass is 486 g/mol. The zero-order chi connectivity index (χ0) is 23.8. The summed E-state index contributed by atoms with van der Waals surface area (Å²) in [5, 5.41) is 5.96. The summed E-state index contributed by atoms with van der Waals surface area (Å²) >= 11 is 0. The van der Waals surface area contributed by atoms with Crippen molar-refractivity contribution in [2.75, 3.05) is 0 Å². The lowest BCUT2D eigenvalue weighted by Crippen LogP contribution is -2.46. The molecule has 35 heavy (non-hydrogen) atoms. The van der Waals surface area contributed by atoms with Crippen LogP contribution in [0.25, 0.3) is 44.1 Å². The van der Waals surface area contributed by atoms with Gasteiger partial charge in [0.2, 0.25) is 0 Å². The Morgan fingerprint density at radius 1 is 0.886 bits per heavy atom. The molecule has 0 aliphatic carbocycles.